The van der Waals surface area contributed by atoms with E-state index in [1.54, 1.807) is 0 Å². The quantitative estimate of drug-likeness (QED) is 0.830. The fourth-order valence-corrected chi connectivity index (χ4v) is 3.10. The molecule has 2 atom stereocenters. The van der Waals surface area contributed by atoms with E-state index in [4.69, 9.17) is 28.9 Å². The predicted octanol–water partition coefficient (Wildman–Crippen LogP) is 3.81. The Morgan fingerprint density at radius 3 is 2.35 bits per heavy atom. The Balaban J connectivity index is 2.14. The van der Waals surface area contributed by atoms with Gasteiger partial charge in [-0.15, -0.1) is 0 Å². The zero-order chi connectivity index (χ0) is 12.6. The zero-order valence-corrected chi connectivity index (χ0v) is 11.7. The number of benzene rings is 1. The van der Waals surface area contributed by atoms with Gasteiger partial charge in [0.1, 0.15) is 0 Å². The molecule has 0 bridgehead atoms. The molecule has 0 radical (unpaired) electrons. The van der Waals surface area contributed by atoms with Gasteiger partial charge in [-0.05, 0) is 37.0 Å². The Hall–Kier alpha value is -0.440. The molecule has 0 saturated carbocycles. The highest BCUT2D eigenvalue weighted by Crippen LogP contribution is 2.31. The number of rotatable bonds is 2. The molecule has 17 heavy (non-hydrogen) atoms. The Kier molecular flexibility index (Phi) is 3.86. The van der Waals surface area contributed by atoms with Crippen LogP contribution in [0.4, 0.5) is 5.69 Å². The van der Waals surface area contributed by atoms with Crippen LogP contribution >= 0.6 is 23.2 Å². The molecule has 2 nitrogen and oxygen atoms in total. The van der Waals surface area contributed by atoms with Gasteiger partial charge in [-0.2, -0.15) is 0 Å². The monoisotopic (exact) mass is 272 g/mol. The van der Waals surface area contributed by atoms with E-state index in [0.717, 1.165) is 24.6 Å². The highest BCUT2D eigenvalue weighted by atomic mass is 35.5. The van der Waals surface area contributed by atoms with Gasteiger partial charge in [0.25, 0.3) is 0 Å². The molecule has 94 valence electrons. The molecule has 2 N–H and O–H groups in total. The summed E-state index contributed by atoms with van der Waals surface area (Å²) in [6.07, 6.45) is 1.26. The number of hydrogen-bond acceptors (Lipinski definition) is 2. The van der Waals surface area contributed by atoms with E-state index < -0.39 is 0 Å². The second kappa shape index (κ2) is 5.05. The maximum atomic E-state index is 6.04. The summed E-state index contributed by atoms with van der Waals surface area (Å²) in [5, 5.41) is 1.10. The number of halogens is 2. The number of hydrogen-bond donors (Lipinski definition) is 1. The molecule has 1 saturated heterocycles. The van der Waals surface area contributed by atoms with Crippen LogP contribution in [-0.4, -0.2) is 17.5 Å². The number of anilines is 1. The summed E-state index contributed by atoms with van der Waals surface area (Å²) in [4.78, 5) is 2.46. The van der Waals surface area contributed by atoms with Crippen LogP contribution in [0.3, 0.4) is 0 Å². The third kappa shape index (κ3) is 2.87. The lowest BCUT2D eigenvalue weighted by Gasteiger charge is -2.21. The molecule has 1 heterocycles. The molecule has 0 aromatic heterocycles. The summed E-state index contributed by atoms with van der Waals surface area (Å²) in [6.45, 7) is 6.59. The minimum absolute atomic E-state index is 0.472. The van der Waals surface area contributed by atoms with Crippen molar-refractivity contribution in [1.29, 1.82) is 0 Å². The average molecular weight is 273 g/mol. The van der Waals surface area contributed by atoms with Crippen molar-refractivity contribution < 1.29 is 0 Å². The summed E-state index contributed by atoms with van der Waals surface area (Å²) in [5.41, 5.74) is 7.34. The van der Waals surface area contributed by atoms with E-state index in [2.05, 4.69) is 18.7 Å². The fourth-order valence-electron chi connectivity index (χ4n) is 2.57. The van der Waals surface area contributed by atoms with Gasteiger partial charge in [-0.25, -0.2) is 0 Å². The zero-order valence-electron chi connectivity index (χ0n) is 10.2. The third-order valence-corrected chi connectivity index (χ3v) is 4.06. The van der Waals surface area contributed by atoms with E-state index >= 15 is 0 Å². The summed E-state index contributed by atoms with van der Waals surface area (Å²) in [7, 11) is 0. The third-order valence-electron chi connectivity index (χ3n) is 3.44. The first-order valence-corrected chi connectivity index (χ1v) is 6.70. The maximum absolute atomic E-state index is 6.04. The Morgan fingerprint density at radius 1 is 1.29 bits per heavy atom. The minimum atomic E-state index is 0.472. The van der Waals surface area contributed by atoms with Crippen LogP contribution < -0.4 is 5.73 Å². The van der Waals surface area contributed by atoms with Gasteiger partial charge in [0.05, 0.1) is 15.7 Å². The van der Waals surface area contributed by atoms with Gasteiger partial charge in [-0.1, -0.05) is 30.1 Å². The van der Waals surface area contributed by atoms with Crippen molar-refractivity contribution in [1.82, 2.24) is 4.90 Å². The molecule has 0 spiro atoms. The predicted molar refractivity (Wildman–Crippen MR) is 74.5 cm³/mol. The van der Waals surface area contributed by atoms with Crippen LogP contribution in [0.2, 0.25) is 10.0 Å². The molecule has 0 aliphatic carbocycles. The van der Waals surface area contributed by atoms with Crippen LogP contribution in [0, 0.1) is 5.92 Å². The molecule has 4 heteroatoms. The van der Waals surface area contributed by atoms with Gasteiger partial charge in [0.2, 0.25) is 0 Å². The van der Waals surface area contributed by atoms with Crippen molar-refractivity contribution in [3.63, 3.8) is 0 Å². The molecule has 1 fully saturated rings. The maximum Gasteiger partial charge on any atom is 0.0693 e. The number of nitrogens with two attached hydrogens (primary N) is 1. The van der Waals surface area contributed by atoms with E-state index in [-0.39, 0.29) is 0 Å². The Bertz CT molecular complexity index is 397. The minimum Gasteiger partial charge on any atom is -0.396 e. The molecule has 1 aromatic carbocycles. The molecule has 2 unspecified atom stereocenters. The second-order valence-corrected chi connectivity index (χ2v) is 5.91. The average Bonchev–Trinajstić information content (AvgIpc) is 2.54. The van der Waals surface area contributed by atoms with Crippen LogP contribution in [-0.2, 0) is 6.54 Å². The van der Waals surface area contributed by atoms with Crippen LogP contribution in [0.15, 0.2) is 12.1 Å². The summed E-state index contributed by atoms with van der Waals surface area (Å²) in [5.74, 6) is 0.768. The van der Waals surface area contributed by atoms with E-state index in [1.807, 2.05) is 12.1 Å². The Morgan fingerprint density at radius 2 is 1.88 bits per heavy atom. The number of nitrogens with zero attached hydrogens (tertiary/aromatic N) is 1. The second-order valence-electron chi connectivity index (χ2n) is 5.09. The summed E-state index contributed by atoms with van der Waals surface area (Å²) >= 11 is 12.1. The molecule has 1 aliphatic rings. The molecule has 0 amide bonds. The smallest absolute Gasteiger partial charge is 0.0693 e. The highest BCUT2D eigenvalue weighted by Gasteiger charge is 2.26. The lowest BCUT2D eigenvalue weighted by atomic mass is 10.1. The van der Waals surface area contributed by atoms with Crippen molar-refractivity contribution in [3.05, 3.63) is 27.7 Å². The first-order chi connectivity index (χ1) is 7.97. The molecule has 1 aromatic rings. The van der Waals surface area contributed by atoms with E-state index in [9.17, 15) is 0 Å². The number of likely N-dealkylation sites (tertiary alicyclic amines) is 1. The molecular formula is C13H18Cl2N2. The van der Waals surface area contributed by atoms with Crippen molar-refractivity contribution in [2.75, 3.05) is 12.3 Å². The van der Waals surface area contributed by atoms with Crippen molar-refractivity contribution >= 4 is 28.9 Å². The normalized spacial score (nSPS) is 25.4. The van der Waals surface area contributed by atoms with Crippen molar-refractivity contribution in [2.45, 2.75) is 32.9 Å². The fraction of sp³-hybridized carbons (Fsp3) is 0.538. The van der Waals surface area contributed by atoms with Crippen LogP contribution in [0.1, 0.15) is 25.8 Å². The number of nitrogen functional groups attached to an aromatic ring is 1. The summed E-state index contributed by atoms with van der Waals surface area (Å²) < 4.78 is 0. The SMILES string of the molecule is CC1CC(C)N(Cc2cc(Cl)c(N)c(Cl)c2)C1. The topological polar surface area (TPSA) is 29.3 Å². The lowest BCUT2D eigenvalue weighted by molar-refractivity contribution is 0.256. The van der Waals surface area contributed by atoms with E-state index in [0.29, 0.717) is 21.8 Å². The lowest BCUT2D eigenvalue weighted by Crippen LogP contribution is -2.26. The van der Waals surface area contributed by atoms with E-state index in [1.165, 1.54) is 6.42 Å². The molecule has 1 aliphatic heterocycles. The standard InChI is InChI=1S/C13H18Cl2N2/c1-8-3-9(2)17(6-8)7-10-4-11(14)13(16)12(15)5-10/h4-5,8-9H,3,6-7,16H2,1-2H3. The van der Waals surface area contributed by atoms with Crippen LogP contribution in [0.25, 0.3) is 0 Å². The van der Waals surface area contributed by atoms with Gasteiger partial charge in [-0.3, -0.25) is 4.90 Å². The first-order valence-electron chi connectivity index (χ1n) is 5.94. The van der Waals surface area contributed by atoms with Gasteiger partial charge in [0.15, 0.2) is 0 Å². The molecule has 2 rings (SSSR count). The highest BCUT2D eigenvalue weighted by molar-refractivity contribution is 6.38. The van der Waals surface area contributed by atoms with Gasteiger partial charge >= 0.3 is 0 Å². The largest absolute Gasteiger partial charge is 0.396 e. The first kappa shape index (κ1) is 13.0. The van der Waals surface area contributed by atoms with Gasteiger partial charge in [0, 0.05) is 19.1 Å². The van der Waals surface area contributed by atoms with Crippen molar-refractivity contribution in [2.24, 2.45) is 5.92 Å². The summed E-state index contributed by atoms with van der Waals surface area (Å²) in [6, 6.07) is 4.46. The van der Waals surface area contributed by atoms with Gasteiger partial charge < -0.3 is 5.73 Å². The van der Waals surface area contributed by atoms with Crippen LogP contribution in [0.5, 0.6) is 0 Å². The Labute approximate surface area is 113 Å². The molecular weight excluding hydrogens is 255 g/mol. The van der Waals surface area contributed by atoms with Crippen molar-refractivity contribution in [3.8, 4) is 0 Å².